The number of nitrogens with two attached hydrogens (primary N) is 1. The Morgan fingerprint density at radius 1 is 1.00 bits per heavy atom. The third-order valence-electron chi connectivity index (χ3n) is 6.36. The van der Waals surface area contributed by atoms with Gasteiger partial charge in [-0.3, -0.25) is 9.59 Å². The number of hydrogen-bond acceptors (Lipinski definition) is 7. The minimum Gasteiger partial charge on any atom is -0.468 e. The van der Waals surface area contributed by atoms with Gasteiger partial charge in [-0.1, -0.05) is 25.5 Å². The van der Waals surface area contributed by atoms with Crippen LogP contribution in [0.25, 0.3) is 22.6 Å². The summed E-state index contributed by atoms with van der Waals surface area (Å²) in [7, 11) is 3.31. The van der Waals surface area contributed by atoms with E-state index in [1.165, 1.54) is 12.1 Å². The second kappa shape index (κ2) is 13.5. The zero-order valence-electron chi connectivity index (χ0n) is 23.5. The first-order valence-electron chi connectivity index (χ1n) is 13.4. The van der Waals surface area contributed by atoms with Crippen LogP contribution in [-0.2, 0) is 22.4 Å². The minimum absolute atomic E-state index is 0.0409. The average Bonchev–Trinajstić information content (AvgIpc) is 3.38. The van der Waals surface area contributed by atoms with Gasteiger partial charge in [0.15, 0.2) is 11.8 Å². The third kappa shape index (κ3) is 7.53. The van der Waals surface area contributed by atoms with Crippen molar-refractivity contribution in [3.05, 3.63) is 71.5 Å². The van der Waals surface area contributed by atoms with Crippen molar-refractivity contribution in [2.45, 2.75) is 38.8 Å². The number of nitrogens with zero attached hydrogens (tertiary/aromatic N) is 1. The number of halogens is 1. The average molecular weight is 577 g/mol. The number of benzene rings is 3. The molecule has 0 spiro atoms. The van der Waals surface area contributed by atoms with Gasteiger partial charge in [0.1, 0.15) is 17.1 Å². The van der Waals surface area contributed by atoms with E-state index in [4.69, 9.17) is 14.9 Å². The van der Waals surface area contributed by atoms with E-state index in [0.717, 1.165) is 5.56 Å². The summed E-state index contributed by atoms with van der Waals surface area (Å²) in [5, 5.41) is 10.9. The number of carbonyl (C=O) groups is 3. The summed E-state index contributed by atoms with van der Waals surface area (Å²) >= 11 is 0. The number of urea groups is 1. The first-order valence-corrected chi connectivity index (χ1v) is 13.4. The zero-order valence-corrected chi connectivity index (χ0v) is 23.5. The molecule has 1 aromatic heterocycles. The van der Waals surface area contributed by atoms with Crippen molar-refractivity contribution in [2.75, 3.05) is 24.7 Å². The Kier molecular flexibility index (Phi) is 9.58. The molecule has 0 aliphatic carbocycles. The predicted molar refractivity (Wildman–Crippen MR) is 158 cm³/mol. The lowest BCUT2D eigenvalue weighted by Crippen LogP contribution is -2.41. The van der Waals surface area contributed by atoms with Crippen LogP contribution in [0.5, 0.6) is 5.75 Å². The van der Waals surface area contributed by atoms with Crippen LogP contribution >= 0.6 is 0 Å². The van der Waals surface area contributed by atoms with Crippen LogP contribution in [0.4, 0.5) is 20.6 Å². The van der Waals surface area contributed by atoms with Crippen LogP contribution in [0.15, 0.2) is 59.0 Å². The Hall–Kier alpha value is -5.13. The van der Waals surface area contributed by atoms with Crippen LogP contribution in [0.3, 0.4) is 0 Å². The first-order chi connectivity index (χ1) is 20.2. The van der Waals surface area contributed by atoms with Crippen molar-refractivity contribution in [3.8, 4) is 17.2 Å². The number of rotatable bonds is 12. The summed E-state index contributed by atoms with van der Waals surface area (Å²) in [6.07, 6.45) is 0.803. The van der Waals surface area contributed by atoms with E-state index in [1.807, 2.05) is 6.92 Å². The maximum Gasteiger partial charge on any atom is 0.322 e. The second-order valence-corrected chi connectivity index (χ2v) is 9.58. The molecule has 0 saturated heterocycles. The zero-order chi connectivity index (χ0) is 30.2. The van der Waals surface area contributed by atoms with Crippen LogP contribution in [-0.4, -0.2) is 43.2 Å². The van der Waals surface area contributed by atoms with Gasteiger partial charge in [-0.05, 0) is 53.6 Å². The molecule has 0 aliphatic rings. The van der Waals surface area contributed by atoms with Crippen molar-refractivity contribution in [1.82, 2.24) is 15.6 Å². The summed E-state index contributed by atoms with van der Waals surface area (Å²) in [6.45, 7) is 1.95. The number of nitrogens with one attached hydrogen (secondary N) is 4. The quantitative estimate of drug-likeness (QED) is 0.157. The number of amides is 4. The van der Waals surface area contributed by atoms with Gasteiger partial charge in [0.2, 0.25) is 17.7 Å². The largest absolute Gasteiger partial charge is 0.468 e. The van der Waals surface area contributed by atoms with Gasteiger partial charge in [0.05, 0.1) is 24.2 Å². The number of anilines is 2. The fourth-order valence-corrected chi connectivity index (χ4v) is 4.30. The van der Waals surface area contributed by atoms with Crippen molar-refractivity contribution >= 4 is 40.3 Å². The van der Waals surface area contributed by atoms with E-state index >= 15 is 4.39 Å². The Bertz CT molecular complexity index is 1600. The van der Waals surface area contributed by atoms with Gasteiger partial charge in [-0.25, -0.2) is 14.2 Å². The summed E-state index contributed by atoms with van der Waals surface area (Å²) in [6, 6.07) is 14.0. The van der Waals surface area contributed by atoms with E-state index in [-0.39, 0.29) is 30.3 Å². The van der Waals surface area contributed by atoms with Crippen LogP contribution in [0, 0.1) is 5.82 Å². The van der Waals surface area contributed by atoms with E-state index < -0.39 is 24.0 Å². The number of likely N-dealkylation sites (N-methyl/N-ethyl adjacent to an activating group) is 1. The molecule has 4 aromatic rings. The molecule has 12 heteroatoms. The normalized spacial score (nSPS) is 11.5. The number of carbonyl (C=O) groups excluding carboxylic acids is 3. The number of hydrogen-bond donors (Lipinski definition) is 5. The summed E-state index contributed by atoms with van der Waals surface area (Å²) in [4.78, 5) is 40.1. The Labute approximate surface area is 242 Å². The summed E-state index contributed by atoms with van der Waals surface area (Å²) in [5.41, 5.74) is 8.73. The SMILES string of the molecule is CCCC(NC(=O)Nc1ccc(-c2nc3cc(CC(N)=O)ccc3o2)cc1F)Oc1ccc(CC(=O)NC)cc1NC. The van der Waals surface area contributed by atoms with Crippen LogP contribution in [0.1, 0.15) is 30.9 Å². The second-order valence-electron chi connectivity index (χ2n) is 9.58. The molecule has 220 valence electrons. The highest BCUT2D eigenvalue weighted by atomic mass is 19.1. The lowest BCUT2D eigenvalue weighted by Gasteiger charge is -2.22. The molecular weight excluding hydrogens is 543 g/mol. The standard InChI is InChI=1S/C30H33FN6O5/c1-4-5-28(41-24-10-7-18(12-22(24)33-2)15-27(39)34-3)37-30(40)36-21-9-8-19(16-20(21)31)29-35-23-13-17(14-26(32)38)6-11-25(23)42-29/h6-13,16,28,33H,4-5,14-15H2,1-3H3,(H2,32,38)(H,34,39)(H2,36,37,40). The minimum atomic E-state index is -0.701. The molecule has 1 unspecified atom stereocenters. The van der Waals surface area contributed by atoms with Gasteiger partial charge in [0, 0.05) is 26.1 Å². The molecule has 3 aromatic carbocycles. The molecule has 1 heterocycles. The Balaban J connectivity index is 1.43. The highest BCUT2D eigenvalue weighted by Gasteiger charge is 2.18. The third-order valence-corrected chi connectivity index (χ3v) is 6.36. The maximum atomic E-state index is 15.0. The lowest BCUT2D eigenvalue weighted by molar-refractivity contribution is -0.120. The van der Waals surface area contributed by atoms with Crippen molar-refractivity contribution in [2.24, 2.45) is 5.73 Å². The van der Waals surface area contributed by atoms with Gasteiger partial charge < -0.3 is 36.2 Å². The Morgan fingerprint density at radius 2 is 1.76 bits per heavy atom. The molecular formula is C30H33FN6O5. The van der Waals surface area contributed by atoms with E-state index in [0.29, 0.717) is 46.5 Å². The van der Waals surface area contributed by atoms with Gasteiger partial charge in [-0.2, -0.15) is 0 Å². The molecule has 0 aliphatic heterocycles. The fraction of sp³-hybridized carbons (Fsp3) is 0.267. The smallest absolute Gasteiger partial charge is 0.322 e. The molecule has 0 bridgehead atoms. The number of oxazole rings is 1. The van der Waals surface area contributed by atoms with Gasteiger partial charge in [-0.15, -0.1) is 0 Å². The molecule has 0 radical (unpaired) electrons. The maximum absolute atomic E-state index is 15.0. The predicted octanol–water partition coefficient (Wildman–Crippen LogP) is 4.32. The van der Waals surface area contributed by atoms with Gasteiger partial charge in [0.25, 0.3) is 0 Å². The Morgan fingerprint density at radius 3 is 2.45 bits per heavy atom. The highest BCUT2D eigenvalue weighted by Crippen LogP contribution is 2.29. The number of ether oxygens (including phenoxy) is 1. The number of fused-ring (bicyclic) bond motifs is 1. The highest BCUT2D eigenvalue weighted by molar-refractivity contribution is 5.90. The molecule has 4 rings (SSSR count). The monoisotopic (exact) mass is 576 g/mol. The fourth-order valence-electron chi connectivity index (χ4n) is 4.30. The number of aromatic nitrogens is 1. The van der Waals surface area contributed by atoms with Crippen molar-refractivity contribution < 1.29 is 27.9 Å². The van der Waals surface area contributed by atoms with Crippen molar-refractivity contribution in [3.63, 3.8) is 0 Å². The summed E-state index contributed by atoms with van der Waals surface area (Å²) in [5.74, 6) is -0.577. The topological polar surface area (TPSA) is 161 Å². The first kappa shape index (κ1) is 29.8. The lowest BCUT2D eigenvalue weighted by atomic mass is 10.1. The van der Waals surface area contributed by atoms with Crippen LogP contribution < -0.4 is 31.7 Å². The molecule has 42 heavy (non-hydrogen) atoms. The van der Waals surface area contributed by atoms with Crippen LogP contribution in [0.2, 0.25) is 0 Å². The van der Waals surface area contributed by atoms with Gasteiger partial charge >= 0.3 is 6.03 Å². The molecule has 4 amide bonds. The number of primary amides is 1. The molecule has 1 atom stereocenters. The molecule has 11 nitrogen and oxygen atoms in total. The molecule has 0 fully saturated rings. The van der Waals surface area contributed by atoms with Crippen molar-refractivity contribution in [1.29, 1.82) is 0 Å². The van der Waals surface area contributed by atoms with E-state index in [2.05, 4.69) is 26.3 Å². The van der Waals surface area contributed by atoms with E-state index in [9.17, 15) is 14.4 Å². The molecule has 6 N–H and O–H groups in total. The summed E-state index contributed by atoms with van der Waals surface area (Å²) < 4.78 is 26.8. The molecule has 0 saturated carbocycles. The van der Waals surface area contributed by atoms with E-state index in [1.54, 1.807) is 56.6 Å².